The van der Waals surface area contributed by atoms with Crippen molar-refractivity contribution in [1.29, 1.82) is 0 Å². The standard InChI is InChI=1S/C9H15N5OS/c1-6-4-7(14(2)3)12-9(11-6)16-5-8(15)13-10/h4H,5,10H2,1-3H3,(H,13,15). The summed E-state index contributed by atoms with van der Waals surface area (Å²) in [6, 6.07) is 1.88. The first-order valence-electron chi connectivity index (χ1n) is 4.68. The van der Waals surface area contributed by atoms with Crippen LogP contribution in [0.1, 0.15) is 5.69 Å². The first-order chi connectivity index (χ1) is 7.52. The lowest BCUT2D eigenvalue weighted by Crippen LogP contribution is -2.31. The number of anilines is 1. The van der Waals surface area contributed by atoms with Crippen molar-refractivity contribution in [2.75, 3.05) is 24.7 Å². The molecule has 0 saturated carbocycles. The maximum absolute atomic E-state index is 11.0. The maximum Gasteiger partial charge on any atom is 0.244 e. The Balaban J connectivity index is 2.76. The van der Waals surface area contributed by atoms with Crippen LogP contribution in [-0.2, 0) is 4.79 Å². The van der Waals surface area contributed by atoms with E-state index in [1.165, 1.54) is 11.8 Å². The molecule has 0 saturated heterocycles. The number of hydrazine groups is 1. The third-order valence-corrected chi connectivity index (χ3v) is 2.62. The number of hydrogen-bond acceptors (Lipinski definition) is 6. The van der Waals surface area contributed by atoms with Crippen LogP contribution in [0.15, 0.2) is 11.2 Å². The van der Waals surface area contributed by atoms with E-state index in [0.717, 1.165) is 11.5 Å². The van der Waals surface area contributed by atoms with Crippen molar-refractivity contribution in [3.63, 3.8) is 0 Å². The fourth-order valence-electron chi connectivity index (χ4n) is 0.991. The molecule has 0 aliphatic heterocycles. The fourth-order valence-corrected chi connectivity index (χ4v) is 1.70. The van der Waals surface area contributed by atoms with Gasteiger partial charge in [0.05, 0.1) is 5.75 Å². The Morgan fingerprint density at radius 3 is 2.81 bits per heavy atom. The van der Waals surface area contributed by atoms with Gasteiger partial charge in [-0.05, 0) is 6.92 Å². The van der Waals surface area contributed by atoms with Gasteiger partial charge in [0.2, 0.25) is 5.91 Å². The number of nitrogens with zero attached hydrogens (tertiary/aromatic N) is 3. The van der Waals surface area contributed by atoms with Crippen LogP contribution in [0.2, 0.25) is 0 Å². The van der Waals surface area contributed by atoms with E-state index in [1.54, 1.807) is 0 Å². The second-order valence-electron chi connectivity index (χ2n) is 3.40. The molecule has 3 N–H and O–H groups in total. The normalized spacial score (nSPS) is 10.0. The van der Waals surface area contributed by atoms with Crippen LogP contribution in [-0.4, -0.2) is 35.7 Å². The van der Waals surface area contributed by atoms with E-state index < -0.39 is 0 Å². The molecule has 88 valence electrons. The van der Waals surface area contributed by atoms with Gasteiger partial charge in [-0.15, -0.1) is 0 Å². The Morgan fingerprint density at radius 1 is 1.56 bits per heavy atom. The predicted octanol–water partition coefficient (Wildman–Crippen LogP) is -0.0670. The lowest BCUT2D eigenvalue weighted by Gasteiger charge is -2.12. The Labute approximate surface area is 98.6 Å². The third kappa shape index (κ3) is 3.67. The summed E-state index contributed by atoms with van der Waals surface area (Å²) in [5.41, 5.74) is 2.93. The van der Waals surface area contributed by atoms with Gasteiger partial charge in [-0.2, -0.15) is 0 Å². The number of amides is 1. The summed E-state index contributed by atoms with van der Waals surface area (Å²) >= 11 is 1.26. The van der Waals surface area contributed by atoms with Gasteiger partial charge in [-0.3, -0.25) is 10.2 Å². The first kappa shape index (κ1) is 12.7. The Morgan fingerprint density at radius 2 is 2.25 bits per heavy atom. The highest BCUT2D eigenvalue weighted by Gasteiger charge is 2.06. The molecular formula is C9H15N5OS. The Hall–Kier alpha value is -1.34. The fraction of sp³-hybridized carbons (Fsp3) is 0.444. The molecular weight excluding hydrogens is 226 g/mol. The van der Waals surface area contributed by atoms with E-state index in [-0.39, 0.29) is 11.7 Å². The smallest absolute Gasteiger partial charge is 0.244 e. The van der Waals surface area contributed by atoms with E-state index in [0.29, 0.717) is 5.16 Å². The van der Waals surface area contributed by atoms with Gasteiger partial charge < -0.3 is 4.90 Å². The molecule has 1 aromatic heterocycles. The van der Waals surface area contributed by atoms with Crippen molar-refractivity contribution in [3.8, 4) is 0 Å². The zero-order chi connectivity index (χ0) is 12.1. The SMILES string of the molecule is Cc1cc(N(C)C)nc(SCC(=O)NN)n1. The number of rotatable bonds is 4. The summed E-state index contributed by atoms with van der Waals surface area (Å²) < 4.78 is 0. The number of nitrogens with two attached hydrogens (primary N) is 1. The van der Waals surface area contributed by atoms with Crippen LogP contribution in [0.5, 0.6) is 0 Å². The van der Waals surface area contributed by atoms with Crippen molar-refractivity contribution in [1.82, 2.24) is 15.4 Å². The molecule has 1 amide bonds. The van der Waals surface area contributed by atoms with Crippen LogP contribution in [0, 0.1) is 6.92 Å². The van der Waals surface area contributed by atoms with Gasteiger partial charge in [0.25, 0.3) is 0 Å². The van der Waals surface area contributed by atoms with Gasteiger partial charge in [0.15, 0.2) is 5.16 Å². The molecule has 0 radical (unpaired) electrons. The topological polar surface area (TPSA) is 84.1 Å². The van der Waals surface area contributed by atoms with Crippen molar-refractivity contribution in [2.24, 2.45) is 5.84 Å². The quantitative estimate of drug-likeness (QED) is 0.252. The second kappa shape index (κ2) is 5.66. The molecule has 1 heterocycles. The average molecular weight is 241 g/mol. The van der Waals surface area contributed by atoms with Crippen molar-refractivity contribution in [2.45, 2.75) is 12.1 Å². The summed E-state index contributed by atoms with van der Waals surface area (Å²) in [6.45, 7) is 1.89. The number of hydrogen-bond donors (Lipinski definition) is 2. The van der Waals surface area contributed by atoms with Gasteiger partial charge in [0, 0.05) is 25.9 Å². The molecule has 16 heavy (non-hydrogen) atoms. The third-order valence-electron chi connectivity index (χ3n) is 1.77. The highest BCUT2D eigenvalue weighted by molar-refractivity contribution is 7.99. The number of aromatic nitrogens is 2. The molecule has 0 spiro atoms. The van der Waals surface area contributed by atoms with E-state index in [1.807, 2.05) is 32.0 Å². The largest absolute Gasteiger partial charge is 0.363 e. The first-order valence-corrected chi connectivity index (χ1v) is 5.66. The number of thioether (sulfide) groups is 1. The molecule has 1 rings (SSSR count). The van der Waals surface area contributed by atoms with Gasteiger partial charge in [-0.25, -0.2) is 15.8 Å². The number of carbonyl (C=O) groups is 1. The minimum absolute atomic E-state index is 0.215. The van der Waals surface area contributed by atoms with E-state index in [4.69, 9.17) is 5.84 Å². The van der Waals surface area contributed by atoms with Gasteiger partial charge >= 0.3 is 0 Å². The molecule has 6 nitrogen and oxygen atoms in total. The lowest BCUT2D eigenvalue weighted by atomic mass is 10.4. The summed E-state index contributed by atoms with van der Waals surface area (Å²) in [7, 11) is 3.81. The molecule has 0 fully saturated rings. The molecule has 0 bridgehead atoms. The summed E-state index contributed by atoms with van der Waals surface area (Å²) in [5.74, 6) is 5.77. The second-order valence-corrected chi connectivity index (χ2v) is 4.34. The summed E-state index contributed by atoms with van der Waals surface area (Å²) in [6.07, 6.45) is 0. The van der Waals surface area contributed by atoms with E-state index in [9.17, 15) is 4.79 Å². The highest BCUT2D eigenvalue weighted by Crippen LogP contribution is 2.17. The maximum atomic E-state index is 11.0. The Bertz CT molecular complexity index is 382. The molecule has 0 atom stereocenters. The van der Waals surface area contributed by atoms with Crippen LogP contribution in [0.25, 0.3) is 0 Å². The average Bonchev–Trinajstić information content (AvgIpc) is 2.25. The number of carbonyl (C=O) groups excluding carboxylic acids is 1. The lowest BCUT2D eigenvalue weighted by molar-refractivity contribution is -0.118. The zero-order valence-corrected chi connectivity index (χ0v) is 10.3. The molecule has 7 heteroatoms. The van der Waals surface area contributed by atoms with Crippen LogP contribution >= 0.6 is 11.8 Å². The van der Waals surface area contributed by atoms with Crippen molar-refractivity contribution >= 4 is 23.5 Å². The minimum Gasteiger partial charge on any atom is -0.363 e. The Kier molecular flexibility index (Phi) is 4.51. The monoisotopic (exact) mass is 241 g/mol. The van der Waals surface area contributed by atoms with E-state index >= 15 is 0 Å². The highest BCUT2D eigenvalue weighted by atomic mass is 32.2. The summed E-state index contributed by atoms with van der Waals surface area (Å²) in [4.78, 5) is 21.4. The van der Waals surface area contributed by atoms with Crippen LogP contribution in [0.3, 0.4) is 0 Å². The zero-order valence-electron chi connectivity index (χ0n) is 9.52. The van der Waals surface area contributed by atoms with Crippen LogP contribution < -0.4 is 16.2 Å². The van der Waals surface area contributed by atoms with Gasteiger partial charge in [0.1, 0.15) is 5.82 Å². The van der Waals surface area contributed by atoms with Crippen molar-refractivity contribution < 1.29 is 4.79 Å². The predicted molar refractivity (Wildman–Crippen MR) is 64.2 cm³/mol. The van der Waals surface area contributed by atoms with Crippen molar-refractivity contribution in [3.05, 3.63) is 11.8 Å². The van der Waals surface area contributed by atoms with Gasteiger partial charge in [-0.1, -0.05) is 11.8 Å². The number of nitrogens with one attached hydrogen (secondary N) is 1. The van der Waals surface area contributed by atoms with Crippen LogP contribution in [0.4, 0.5) is 5.82 Å². The molecule has 0 aliphatic carbocycles. The molecule has 0 aromatic carbocycles. The molecule has 1 aromatic rings. The molecule has 0 unspecified atom stereocenters. The number of aryl methyl sites for hydroxylation is 1. The summed E-state index contributed by atoms with van der Waals surface area (Å²) in [5, 5.41) is 0.576. The molecule has 0 aliphatic rings. The van der Waals surface area contributed by atoms with E-state index in [2.05, 4.69) is 15.4 Å². The minimum atomic E-state index is -0.249.